The van der Waals surface area contributed by atoms with Crippen LogP contribution in [0.5, 0.6) is 0 Å². The molecule has 0 radical (unpaired) electrons. The highest BCUT2D eigenvalue weighted by molar-refractivity contribution is 5.82. The second kappa shape index (κ2) is 9.00. The van der Waals surface area contributed by atoms with Gasteiger partial charge >= 0.3 is 12.0 Å². The predicted octanol–water partition coefficient (Wildman–Crippen LogP) is 2.42. The summed E-state index contributed by atoms with van der Waals surface area (Å²) in [5, 5.41) is 14.2. The Kier molecular flexibility index (Phi) is 7.29. The number of carboxylic acids is 1. The van der Waals surface area contributed by atoms with Gasteiger partial charge in [0.15, 0.2) is 0 Å². The van der Waals surface area contributed by atoms with E-state index >= 15 is 0 Å². The molecule has 0 heterocycles. The average molecular weight is 292 g/mol. The lowest BCUT2D eigenvalue weighted by Gasteiger charge is -2.16. The van der Waals surface area contributed by atoms with Crippen LogP contribution in [0.1, 0.15) is 32.3 Å². The van der Waals surface area contributed by atoms with Gasteiger partial charge in [-0.05, 0) is 30.7 Å². The highest BCUT2D eigenvalue weighted by Crippen LogP contribution is 2.05. The molecule has 0 aromatic heterocycles. The number of aryl methyl sites for hydroxylation is 1. The Hall–Kier alpha value is -2.04. The van der Waals surface area contributed by atoms with E-state index in [-0.39, 0.29) is 5.92 Å². The fourth-order valence-corrected chi connectivity index (χ4v) is 2.04. The molecule has 0 saturated heterocycles. The van der Waals surface area contributed by atoms with Crippen LogP contribution in [0, 0.1) is 5.92 Å². The summed E-state index contributed by atoms with van der Waals surface area (Å²) in [6.45, 7) is 4.37. The van der Waals surface area contributed by atoms with Gasteiger partial charge in [0, 0.05) is 6.54 Å². The van der Waals surface area contributed by atoms with Crippen LogP contribution >= 0.6 is 0 Å². The van der Waals surface area contributed by atoms with Crippen LogP contribution < -0.4 is 10.6 Å². The van der Waals surface area contributed by atoms with Crippen molar-refractivity contribution in [1.29, 1.82) is 0 Å². The Morgan fingerprint density at radius 1 is 1.19 bits per heavy atom. The van der Waals surface area contributed by atoms with E-state index in [0.717, 1.165) is 12.8 Å². The predicted molar refractivity (Wildman–Crippen MR) is 82.2 cm³/mol. The van der Waals surface area contributed by atoms with Crippen LogP contribution in [-0.2, 0) is 11.2 Å². The van der Waals surface area contributed by atoms with Gasteiger partial charge in [0.25, 0.3) is 0 Å². The van der Waals surface area contributed by atoms with Gasteiger partial charge in [0.1, 0.15) is 6.04 Å². The molecule has 1 atom stereocenters. The molecule has 0 saturated carbocycles. The Morgan fingerprint density at radius 2 is 1.86 bits per heavy atom. The van der Waals surface area contributed by atoms with E-state index in [9.17, 15) is 9.59 Å². The highest BCUT2D eigenvalue weighted by Gasteiger charge is 2.20. The molecule has 1 aromatic carbocycles. The number of nitrogens with one attached hydrogen (secondary N) is 2. The zero-order valence-electron chi connectivity index (χ0n) is 12.6. The second-order valence-electron chi connectivity index (χ2n) is 5.51. The zero-order valence-corrected chi connectivity index (χ0v) is 12.6. The molecular weight excluding hydrogens is 268 g/mol. The first-order valence-corrected chi connectivity index (χ1v) is 7.30. The number of hydrogen-bond acceptors (Lipinski definition) is 2. The molecular formula is C16H24N2O3. The number of carbonyl (C=O) groups is 2. The van der Waals surface area contributed by atoms with Crippen molar-refractivity contribution in [3.63, 3.8) is 0 Å². The van der Waals surface area contributed by atoms with Gasteiger partial charge in [-0.15, -0.1) is 0 Å². The number of carboxylic acid groups (broad SMARTS) is 1. The number of aliphatic carboxylic acids is 1. The van der Waals surface area contributed by atoms with E-state index in [0.29, 0.717) is 13.0 Å². The molecule has 0 spiro atoms. The molecule has 0 aliphatic heterocycles. The van der Waals surface area contributed by atoms with Gasteiger partial charge in [-0.25, -0.2) is 9.59 Å². The number of rotatable bonds is 8. The minimum Gasteiger partial charge on any atom is -0.480 e. The van der Waals surface area contributed by atoms with E-state index < -0.39 is 18.0 Å². The van der Waals surface area contributed by atoms with E-state index in [4.69, 9.17) is 5.11 Å². The first-order chi connectivity index (χ1) is 9.99. The van der Waals surface area contributed by atoms with E-state index in [2.05, 4.69) is 10.6 Å². The maximum Gasteiger partial charge on any atom is 0.326 e. The summed E-state index contributed by atoms with van der Waals surface area (Å²) in [6.07, 6.45) is 2.13. The van der Waals surface area contributed by atoms with Gasteiger partial charge in [0.05, 0.1) is 0 Å². The largest absolute Gasteiger partial charge is 0.480 e. The first kappa shape index (κ1) is 17.0. The molecule has 0 fully saturated rings. The number of benzene rings is 1. The van der Waals surface area contributed by atoms with Gasteiger partial charge in [-0.1, -0.05) is 44.2 Å². The first-order valence-electron chi connectivity index (χ1n) is 7.30. The van der Waals surface area contributed by atoms with Gasteiger partial charge < -0.3 is 15.7 Å². The fourth-order valence-electron chi connectivity index (χ4n) is 2.04. The third-order valence-corrected chi connectivity index (χ3v) is 3.08. The smallest absolute Gasteiger partial charge is 0.326 e. The summed E-state index contributed by atoms with van der Waals surface area (Å²) in [4.78, 5) is 22.7. The van der Waals surface area contributed by atoms with Crippen molar-refractivity contribution in [3.8, 4) is 0 Å². The summed E-state index contributed by atoms with van der Waals surface area (Å²) in [7, 11) is 0. The minimum atomic E-state index is -0.997. The Morgan fingerprint density at radius 3 is 2.43 bits per heavy atom. The number of urea groups is 1. The fraction of sp³-hybridized carbons (Fsp3) is 0.500. The van der Waals surface area contributed by atoms with Crippen molar-refractivity contribution in [3.05, 3.63) is 35.9 Å². The van der Waals surface area contributed by atoms with Gasteiger partial charge in [-0.3, -0.25) is 0 Å². The van der Waals surface area contributed by atoms with Crippen LogP contribution in [-0.4, -0.2) is 29.7 Å². The second-order valence-corrected chi connectivity index (χ2v) is 5.51. The summed E-state index contributed by atoms with van der Waals surface area (Å²) >= 11 is 0. The molecule has 5 heteroatoms. The molecule has 2 amide bonds. The van der Waals surface area contributed by atoms with E-state index in [1.807, 2.05) is 44.2 Å². The monoisotopic (exact) mass is 292 g/mol. The molecule has 1 rings (SSSR count). The molecule has 3 N–H and O–H groups in total. The topological polar surface area (TPSA) is 78.4 Å². The van der Waals surface area contributed by atoms with Crippen LogP contribution in [0.15, 0.2) is 30.3 Å². The number of hydrogen-bond donors (Lipinski definition) is 3. The third-order valence-electron chi connectivity index (χ3n) is 3.08. The molecule has 116 valence electrons. The zero-order chi connectivity index (χ0) is 15.7. The Bertz CT molecular complexity index is 446. The van der Waals surface area contributed by atoms with E-state index in [1.54, 1.807) is 0 Å². The number of amides is 2. The lowest BCUT2D eigenvalue weighted by atomic mass is 10.0. The highest BCUT2D eigenvalue weighted by atomic mass is 16.4. The maximum atomic E-state index is 11.7. The van der Waals surface area contributed by atoms with E-state index in [1.165, 1.54) is 5.56 Å². The molecule has 0 aliphatic carbocycles. The Labute approximate surface area is 125 Å². The van der Waals surface area contributed by atoms with Crippen LogP contribution in [0.25, 0.3) is 0 Å². The lowest BCUT2D eigenvalue weighted by Crippen LogP contribution is -2.46. The minimum absolute atomic E-state index is 0.212. The maximum absolute atomic E-state index is 11.7. The SMILES string of the molecule is CC(C)CC(NC(=O)NCCCc1ccccc1)C(=O)O. The van der Waals surface area contributed by atoms with Crippen molar-refractivity contribution in [1.82, 2.24) is 10.6 Å². The molecule has 0 aliphatic rings. The summed E-state index contributed by atoms with van der Waals surface area (Å²) in [5.74, 6) is -0.785. The molecule has 1 aromatic rings. The Balaban J connectivity index is 2.25. The summed E-state index contributed by atoms with van der Waals surface area (Å²) in [5.41, 5.74) is 1.22. The average Bonchev–Trinajstić information content (AvgIpc) is 2.43. The summed E-state index contributed by atoms with van der Waals surface area (Å²) < 4.78 is 0. The van der Waals surface area contributed by atoms with Crippen molar-refractivity contribution in [2.75, 3.05) is 6.54 Å². The normalized spacial score (nSPS) is 12.0. The van der Waals surface area contributed by atoms with Crippen molar-refractivity contribution < 1.29 is 14.7 Å². The van der Waals surface area contributed by atoms with Gasteiger partial charge in [-0.2, -0.15) is 0 Å². The third kappa shape index (κ3) is 7.34. The van der Waals surface area contributed by atoms with Crippen LogP contribution in [0.2, 0.25) is 0 Å². The standard InChI is InChI=1S/C16H24N2O3/c1-12(2)11-14(15(19)20)18-16(21)17-10-6-9-13-7-4-3-5-8-13/h3-5,7-8,12,14H,6,9-11H2,1-2H3,(H,19,20)(H2,17,18,21). The van der Waals surface area contributed by atoms with Crippen molar-refractivity contribution in [2.24, 2.45) is 5.92 Å². The lowest BCUT2D eigenvalue weighted by molar-refractivity contribution is -0.139. The summed E-state index contributed by atoms with van der Waals surface area (Å²) in [6, 6.07) is 8.77. The van der Waals surface area contributed by atoms with Gasteiger partial charge in [0.2, 0.25) is 0 Å². The molecule has 21 heavy (non-hydrogen) atoms. The number of carbonyl (C=O) groups excluding carboxylic acids is 1. The molecule has 1 unspecified atom stereocenters. The van der Waals surface area contributed by atoms with Crippen molar-refractivity contribution >= 4 is 12.0 Å². The van der Waals surface area contributed by atoms with Crippen LogP contribution in [0.4, 0.5) is 4.79 Å². The molecule has 5 nitrogen and oxygen atoms in total. The van der Waals surface area contributed by atoms with Crippen molar-refractivity contribution in [2.45, 2.75) is 39.2 Å². The van der Waals surface area contributed by atoms with Crippen LogP contribution in [0.3, 0.4) is 0 Å². The quantitative estimate of drug-likeness (QED) is 0.644. The molecule has 0 bridgehead atoms.